The van der Waals surface area contributed by atoms with Crippen molar-refractivity contribution in [2.45, 2.75) is 12.6 Å². The number of benzene rings is 1. The molecule has 1 aromatic carbocycles. The van der Waals surface area contributed by atoms with E-state index in [1.54, 1.807) is 11.8 Å². The Hall–Kier alpha value is -1.05. The van der Waals surface area contributed by atoms with Crippen molar-refractivity contribution in [3.05, 3.63) is 34.3 Å². The zero-order valence-electron chi connectivity index (χ0n) is 10.8. The van der Waals surface area contributed by atoms with E-state index in [0.29, 0.717) is 6.54 Å². The molecule has 7 heteroatoms. The third-order valence-corrected chi connectivity index (χ3v) is 4.43. The van der Waals surface area contributed by atoms with E-state index < -0.39 is 5.91 Å². The number of nitrogens with zero attached hydrogens (tertiary/aromatic N) is 1. The fraction of sp³-hybridized carbons (Fsp3) is 0.385. The van der Waals surface area contributed by atoms with E-state index in [2.05, 4.69) is 21.2 Å². The highest BCUT2D eigenvalue weighted by Gasteiger charge is 2.28. The molecular formula is C13H16BrN3O2S. The van der Waals surface area contributed by atoms with Gasteiger partial charge in [0.25, 0.3) is 0 Å². The van der Waals surface area contributed by atoms with Crippen molar-refractivity contribution in [1.29, 1.82) is 0 Å². The lowest BCUT2D eigenvalue weighted by Gasteiger charge is -2.24. The Morgan fingerprint density at radius 2 is 2.10 bits per heavy atom. The number of amides is 2. The first-order valence-electron chi connectivity index (χ1n) is 6.19. The molecule has 0 aliphatic carbocycles. The Morgan fingerprint density at radius 3 is 2.65 bits per heavy atom. The number of primary amides is 1. The standard InChI is InChI=1S/C13H16BrN3O2S/c14-10-3-1-9(2-4-10)5-17(6-12(15)18)13(19)11-7-20-8-16-11/h1-4,11,16H,5-8H2,(H2,15,18). The second kappa shape index (κ2) is 7.10. The molecule has 1 aliphatic rings. The first-order valence-corrected chi connectivity index (χ1v) is 8.13. The summed E-state index contributed by atoms with van der Waals surface area (Å²) >= 11 is 5.04. The van der Waals surface area contributed by atoms with Gasteiger partial charge >= 0.3 is 0 Å². The topological polar surface area (TPSA) is 75.4 Å². The van der Waals surface area contributed by atoms with Crippen LogP contribution in [0.1, 0.15) is 5.56 Å². The maximum atomic E-state index is 12.4. The summed E-state index contributed by atoms with van der Waals surface area (Å²) in [5.74, 6) is 0.922. The van der Waals surface area contributed by atoms with Crippen LogP contribution in [0.5, 0.6) is 0 Å². The van der Waals surface area contributed by atoms with Gasteiger partial charge in [0.2, 0.25) is 11.8 Å². The number of nitrogens with two attached hydrogens (primary N) is 1. The van der Waals surface area contributed by atoms with Gasteiger partial charge in [0.1, 0.15) is 0 Å². The summed E-state index contributed by atoms with van der Waals surface area (Å²) in [5.41, 5.74) is 6.21. The third-order valence-electron chi connectivity index (χ3n) is 2.96. The van der Waals surface area contributed by atoms with E-state index in [1.165, 1.54) is 4.90 Å². The molecule has 1 aliphatic heterocycles. The van der Waals surface area contributed by atoms with Gasteiger partial charge in [-0.05, 0) is 17.7 Å². The van der Waals surface area contributed by atoms with Crippen LogP contribution >= 0.6 is 27.7 Å². The van der Waals surface area contributed by atoms with Gasteiger partial charge in [-0.25, -0.2) is 0 Å². The molecule has 0 spiro atoms. The van der Waals surface area contributed by atoms with Crippen LogP contribution in [0, 0.1) is 0 Å². The second-order valence-electron chi connectivity index (χ2n) is 4.56. The molecule has 20 heavy (non-hydrogen) atoms. The zero-order chi connectivity index (χ0) is 14.5. The summed E-state index contributed by atoms with van der Waals surface area (Å²) < 4.78 is 0.975. The molecule has 2 rings (SSSR count). The van der Waals surface area contributed by atoms with Gasteiger partial charge in [0.15, 0.2) is 0 Å². The number of halogens is 1. The lowest BCUT2D eigenvalue weighted by Crippen LogP contribution is -2.47. The Kier molecular flexibility index (Phi) is 5.45. The van der Waals surface area contributed by atoms with Gasteiger partial charge in [-0.1, -0.05) is 28.1 Å². The minimum absolute atomic E-state index is 0.0578. The summed E-state index contributed by atoms with van der Waals surface area (Å²) in [6, 6.07) is 7.43. The van der Waals surface area contributed by atoms with Crippen LogP contribution in [-0.4, -0.2) is 40.9 Å². The fourth-order valence-electron chi connectivity index (χ4n) is 1.98. The first-order chi connectivity index (χ1) is 9.56. The normalized spacial score (nSPS) is 17.9. The molecule has 1 fully saturated rings. The highest BCUT2D eigenvalue weighted by molar-refractivity contribution is 9.10. The zero-order valence-corrected chi connectivity index (χ0v) is 13.2. The van der Waals surface area contributed by atoms with Gasteiger partial charge in [0, 0.05) is 22.6 Å². The van der Waals surface area contributed by atoms with Crippen molar-refractivity contribution in [1.82, 2.24) is 10.2 Å². The average Bonchev–Trinajstić information content (AvgIpc) is 2.93. The number of carbonyl (C=O) groups is 2. The third kappa shape index (κ3) is 4.22. The molecule has 1 heterocycles. The predicted octanol–water partition coefficient (Wildman–Crippen LogP) is 0.925. The van der Waals surface area contributed by atoms with Crippen molar-refractivity contribution < 1.29 is 9.59 Å². The van der Waals surface area contributed by atoms with Crippen LogP contribution in [0.4, 0.5) is 0 Å². The van der Waals surface area contributed by atoms with Crippen LogP contribution in [0.2, 0.25) is 0 Å². The minimum Gasteiger partial charge on any atom is -0.368 e. The molecule has 0 bridgehead atoms. The van der Waals surface area contributed by atoms with E-state index in [-0.39, 0.29) is 18.5 Å². The molecule has 1 unspecified atom stereocenters. The Labute approximate surface area is 130 Å². The van der Waals surface area contributed by atoms with E-state index in [1.807, 2.05) is 24.3 Å². The first kappa shape index (κ1) is 15.3. The fourth-order valence-corrected chi connectivity index (χ4v) is 3.18. The summed E-state index contributed by atoms with van der Waals surface area (Å²) in [6.45, 7) is 0.329. The molecular weight excluding hydrogens is 342 g/mol. The maximum Gasteiger partial charge on any atom is 0.241 e. The molecule has 0 radical (unpaired) electrons. The molecule has 1 saturated heterocycles. The van der Waals surface area contributed by atoms with E-state index in [9.17, 15) is 9.59 Å². The molecule has 0 saturated carbocycles. The SMILES string of the molecule is NC(=O)CN(Cc1ccc(Br)cc1)C(=O)C1CSCN1. The molecule has 2 amide bonds. The monoisotopic (exact) mass is 357 g/mol. The van der Waals surface area contributed by atoms with Crippen LogP contribution in [0.3, 0.4) is 0 Å². The smallest absolute Gasteiger partial charge is 0.241 e. The summed E-state index contributed by atoms with van der Waals surface area (Å²) in [4.78, 5) is 25.1. The number of hydrogen-bond acceptors (Lipinski definition) is 4. The molecule has 1 atom stereocenters. The van der Waals surface area contributed by atoms with Crippen molar-refractivity contribution in [2.24, 2.45) is 5.73 Å². The van der Waals surface area contributed by atoms with Gasteiger partial charge in [-0.15, -0.1) is 11.8 Å². The van der Waals surface area contributed by atoms with E-state index in [0.717, 1.165) is 21.7 Å². The predicted molar refractivity (Wildman–Crippen MR) is 83.0 cm³/mol. The van der Waals surface area contributed by atoms with Crippen LogP contribution < -0.4 is 11.1 Å². The molecule has 5 nitrogen and oxygen atoms in total. The summed E-state index contributed by atoms with van der Waals surface area (Å²) in [5, 5.41) is 3.12. The average molecular weight is 358 g/mol. The lowest BCUT2D eigenvalue weighted by atomic mass is 10.2. The summed E-state index contributed by atoms with van der Waals surface area (Å²) in [7, 11) is 0. The molecule has 0 aromatic heterocycles. The quantitative estimate of drug-likeness (QED) is 0.821. The van der Waals surface area contributed by atoms with E-state index >= 15 is 0 Å². The van der Waals surface area contributed by atoms with Gasteiger partial charge in [0.05, 0.1) is 12.6 Å². The number of thioether (sulfide) groups is 1. The highest BCUT2D eigenvalue weighted by Crippen LogP contribution is 2.15. The largest absolute Gasteiger partial charge is 0.368 e. The highest BCUT2D eigenvalue weighted by atomic mass is 79.9. The second-order valence-corrected chi connectivity index (χ2v) is 6.50. The van der Waals surface area contributed by atoms with Crippen molar-refractivity contribution >= 4 is 39.5 Å². The molecule has 108 valence electrons. The van der Waals surface area contributed by atoms with Crippen molar-refractivity contribution in [2.75, 3.05) is 18.2 Å². The Balaban J connectivity index is 2.08. The van der Waals surface area contributed by atoms with Gasteiger partial charge < -0.3 is 10.6 Å². The number of carbonyl (C=O) groups excluding carboxylic acids is 2. The minimum atomic E-state index is -0.499. The van der Waals surface area contributed by atoms with Crippen LogP contribution in [0.25, 0.3) is 0 Å². The van der Waals surface area contributed by atoms with Crippen molar-refractivity contribution in [3.8, 4) is 0 Å². The van der Waals surface area contributed by atoms with Gasteiger partial charge in [-0.3, -0.25) is 14.9 Å². The van der Waals surface area contributed by atoms with Gasteiger partial charge in [-0.2, -0.15) is 0 Å². The van der Waals surface area contributed by atoms with E-state index in [4.69, 9.17) is 5.73 Å². The molecule has 3 N–H and O–H groups in total. The number of hydrogen-bond donors (Lipinski definition) is 2. The number of rotatable bonds is 5. The maximum absolute atomic E-state index is 12.4. The number of nitrogens with one attached hydrogen (secondary N) is 1. The van der Waals surface area contributed by atoms with Crippen LogP contribution in [-0.2, 0) is 16.1 Å². The Morgan fingerprint density at radius 1 is 1.40 bits per heavy atom. The molecule has 1 aromatic rings. The van der Waals surface area contributed by atoms with Crippen molar-refractivity contribution in [3.63, 3.8) is 0 Å². The lowest BCUT2D eigenvalue weighted by molar-refractivity contribution is -0.137. The Bertz CT molecular complexity index is 489. The summed E-state index contributed by atoms with van der Waals surface area (Å²) in [6.07, 6.45) is 0. The van der Waals surface area contributed by atoms with Crippen LogP contribution in [0.15, 0.2) is 28.7 Å².